The van der Waals surface area contributed by atoms with Crippen LogP contribution in [0.15, 0.2) is 48.8 Å². The Morgan fingerprint density at radius 3 is 2.20 bits per heavy atom. The quantitative estimate of drug-likeness (QED) is 0.712. The number of nitrogens with zero attached hydrogens (tertiary/aromatic N) is 1. The SMILES string of the molecule is CC(C)c1ccc(-c2cccnc2)cc1. The fourth-order valence-corrected chi connectivity index (χ4v) is 1.59. The number of pyridine rings is 1. The third-order valence-corrected chi connectivity index (χ3v) is 2.57. The summed E-state index contributed by atoms with van der Waals surface area (Å²) in [5.41, 5.74) is 3.78. The second-order valence-corrected chi connectivity index (χ2v) is 4.02. The third-order valence-electron chi connectivity index (χ3n) is 2.57. The van der Waals surface area contributed by atoms with Gasteiger partial charge in [-0.1, -0.05) is 44.2 Å². The molecule has 1 nitrogen and oxygen atoms in total. The van der Waals surface area contributed by atoms with Gasteiger partial charge in [0.2, 0.25) is 0 Å². The number of hydrogen-bond acceptors (Lipinski definition) is 1. The number of rotatable bonds is 2. The van der Waals surface area contributed by atoms with Crippen LogP contribution >= 0.6 is 0 Å². The van der Waals surface area contributed by atoms with Crippen molar-refractivity contribution in [3.8, 4) is 11.1 Å². The van der Waals surface area contributed by atoms with Crippen molar-refractivity contribution in [2.45, 2.75) is 19.8 Å². The van der Waals surface area contributed by atoms with E-state index in [4.69, 9.17) is 0 Å². The summed E-state index contributed by atoms with van der Waals surface area (Å²) >= 11 is 0. The minimum atomic E-state index is 0.591. The van der Waals surface area contributed by atoms with Crippen LogP contribution in [0.5, 0.6) is 0 Å². The van der Waals surface area contributed by atoms with Crippen molar-refractivity contribution in [3.63, 3.8) is 0 Å². The topological polar surface area (TPSA) is 12.9 Å². The first-order valence-electron chi connectivity index (χ1n) is 5.28. The van der Waals surface area contributed by atoms with Crippen molar-refractivity contribution in [3.05, 3.63) is 54.4 Å². The molecule has 0 bridgehead atoms. The van der Waals surface area contributed by atoms with E-state index < -0.39 is 0 Å². The standard InChI is InChI=1S/C14H15N/c1-11(2)12-5-7-13(8-6-12)14-4-3-9-15-10-14/h3-11H,1-2H3. The summed E-state index contributed by atoms with van der Waals surface area (Å²) in [5.74, 6) is 0.591. The summed E-state index contributed by atoms with van der Waals surface area (Å²) in [6.07, 6.45) is 3.69. The lowest BCUT2D eigenvalue weighted by Gasteiger charge is -2.06. The molecule has 0 saturated carbocycles. The lowest BCUT2D eigenvalue weighted by atomic mass is 10.00. The van der Waals surface area contributed by atoms with Gasteiger partial charge in [0.1, 0.15) is 0 Å². The van der Waals surface area contributed by atoms with E-state index in [1.54, 1.807) is 6.20 Å². The van der Waals surface area contributed by atoms with Gasteiger partial charge in [0, 0.05) is 12.4 Å². The average Bonchev–Trinajstić information content (AvgIpc) is 2.30. The molecule has 0 N–H and O–H groups in total. The van der Waals surface area contributed by atoms with Crippen LogP contribution in [0.3, 0.4) is 0 Å². The highest BCUT2D eigenvalue weighted by Crippen LogP contribution is 2.21. The van der Waals surface area contributed by atoms with E-state index >= 15 is 0 Å². The molecular weight excluding hydrogens is 182 g/mol. The van der Waals surface area contributed by atoms with Crippen LogP contribution in [0.4, 0.5) is 0 Å². The van der Waals surface area contributed by atoms with Gasteiger partial charge in [-0.05, 0) is 28.7 Å². The lowest BCUT2D eigenvalue weighted by Crippen LogP contribution is -1.86. The van der Waals surface area contributed by atoms with Crippen molar-refractivity contribution in [2.75, 3.05) is 0 Å². The van der Waals surface area contributed by atoms with Crippen LogP contribution in [0, 0.1) is 0 Å². The second kappa shape index (κ2) is 4.26. The molecule has 0 radical (unpaired) electrons. The molecule has 1 aromatic heterocycles. The first-order chi connectivity index (χ1) is 7.27. The second-order valence-electron chi connectivity index (χ2n) is 4.02. The lowest BCUT2D eigenvalue weighted by molar-refractivity contribution is 0.867. The van der Waals surface area contributed by atoms with Crippen molar-refractivity contribution < 1.29 is 0 Å². The van der Waals surface area contributed by atoms with Gasteiger partial charge in [-0.3, -0.25) is 4.98 Å². The number of benzene rings is 1. The Bertz CT molecular complexity index is 415. The van der Waals surface area contributed by atoms with Gasteiger partial charge in [-0.25, -0.2) is 0 Å². The van der Waals surface area contributed by atoms with Crippen LogP contribution in [0.1, 0.15) is 25.3 Å². The van der Waals surface area contributed by atoms with E-state index in [2.05, 4.69) is 49.2 Å². The molecule has 0 amide bonds. The minimum absolute atomic E-state index is 0.591. The van der Waals surface area contributed by atoms with Crippen LogP contribution < -0.4 is 0 Å². The van der Waals surface area contributed by atoms with Crippen molar-refractivity contribution in [1.82, 2.24) is 4.98 Å². The molecule has 2 aromatic rings. The molecule has 0 saturated heterocycles. The van der Waals surface area contributed by atoms with Crippen molar-refractivity contribution in [1.29, 1.82) is 0 Å². The molecule has 0 aliphatic heterocycles. The van der Waals surface area contributed by atoms with Gasteiger partial charge in [-0.15, -0.1) is 0 Å². The number of hydrogen-bond donors (Lipinski definition) is 0. The Morgan fingerprint density at radius 2 is 1.67 bits per heavy atom. The van der Waals surface area contributed by atoms with E-state index in [1.807, 2.05) is 12.3 Å². The predicted octanol–water partition coefficient (Wildman–Crippen LogP) is 3.87. The molecule has 0 spiro atoms. The van der Waals surface area contributed by atoms with E-state index in [0.29, 0.717) is 5.92 Å². The summed E-state index contributed by atoms with van der Waals surface area (Å²) in [7, 11) is 0. The zero-order chi connectivity index (χ0) is 10.7. The predicted molar refractivity (Wildman–Crippen MR) is 63.8 cm³/mol. The summed E-state index contributed by atoms with van der Waals surface area (Å²) in [5, 5.41) is 0. The van der Waals surface area contributed by atoms with Gasteiger partial charge in [0.25, 0.3) is 0 Å². The Hall–Kier alpha value is -1.63. The van der Waals surface area contributed by atoms with Crippen molar-refractivity contribution >= 4 is 0 Å². The van der Waals surface area contributed by atoms with Gasteiger partial charge in [-0.2, -0.15) is 0 Å². The fraction of sp³-hybridized carbons (Fsp3) is 0.214. The van der Waals surface area contributed by atoms with E-state index in [0.717, 1.165) is 0 Å². The van der Waals surface area contributed by atoms with Crippen molar-refractivity contribution in [2.24, 2.45) is 0 Å². The molecule has 0 unspecified atom stereocenters. The van der Waals surface area contributed by atoms with Crippen LogP contribution in [0.2, 0.25) is 0 Å². The van der Waals surface area contributed by atoms with Crippen LogP contribution in [-0.4, -0.2) is 4.98 Å². The monoisotopic (exact) mass is 197 g/mol. The highest BCUT2D eigenvalue weighted by Gasteiger charge is 2.00. The Balaban J connectivity index is 2.32. The Kier molecular flexibility index (Phi) is 2.82. The van der Waals surface area contributed by atoms with E-state index in [-0.39, 0.29) is 0 Å². The molecule has 0 aliphatic rings. The largest absolute Gasteiger partial charge is 0.264 e. The first-order valence-corrected chi connectivity index (χ1v) is 5.28. The summed E-state index contributed by atoms with van der Waals surface area (Å²) in [4.78, 5) is 4.12. The molecule has 0 fully saturated rings. The molecule has 1 aromatic carbocycles. The fourth-order valence-electron chi connectivity index (χ4n) is 1.59. The van der Waals surface area contributed by atoms with Gasteiger partial charge in [0.15, 0.2) is 0 Å². The molecule has 0 atom stereocenters. The van der Waals surface area contributed by atoms with Crippen LogP contribution in [-0.2, 0) is 0 Å². The summed E-state index contributed by atoms with van der Waals surface area (Å²) in [6, 6.07) is 12.7. The van der Waals surface area contributed by atoms with Gasteiger partial charge < -0.3 is 0 Å². The molecular formula is C14H15N. The van der Waals surface area contributed by atoms with E-state index in [9.17, 15) is 0 Å². The van der Waals surface area contributed by atoms with Gasteiger partial charge in [0.05, 0.1) is 0 Å². The normalized spacial score (nSPS) is 10.6. The maximum atomic E-state index is 4.12. The van der Waals surface area contributed by atoms with Gasteiger partial charge >= 0.3 is 0 Å². The van der Waals surface area contributed by atoms with Crippen LogP contribution in [0.25, 0.3) is 11.1 Å². The number of aromatic nitrogens is 1. The first kappa shape index (κ1) is 9.91. The minimum Gasteiger partial charge on any atom is -0.264 e. The molecule has 2 rings (SSSR count). The molecule has 1 heterocycles. The van der Waals surface area contributed by atoms with E-state index in [1.165, 1.54) is 16.7 Å². The highest BCUT2D eigenvalue weighted by atomic mass is 14.6. The Morgan fingerprint density at radius 1 is 0.933 bits per heavy atom. The molecule has 76 valence electrons. The highest BCUT2D eigenvalue weighted by molar-refractivity contribution is 5.62. The maximum absolute atomic E-state index is 4.12. The summed E-state index contributed by atoms with van der Waals surface area (Å²) < 4.78 is 0. The average molecular weight is 197 g/mol. The molecule has 0 aliphatic carbocycles. The maximum Gasteiger partial charge on any atom is 0.0346 e. The smallest absolute Gasteiger partial charge is 0.0346 e. The third kappa shape index (κ3) is 2.24. The molecule has 1 heteroatoms. The Labute approximate surface area is 90.8 Å². The molecule has 15 heavy (non-hydrogen) atoms. The zero-order valence-corrected chi connectivity index (χ0v) is 9.14. The zero-order valence-electron chi connectivity index (χ0n) is 9.14. The summed E-state index contributed by atoms with van der Waals surface area (Å²) in [6.45, 7) is 4.41.